The van der Waals surface area contributed by atoms with Crippen molar-refractivity contribution in [2.75, 3.05) is 6.54 Å². The van der Waals surface area contributed by atoms with Crippen LogP contribution in [0.2, 0.25) is 0 Å². The van der Waals surface area contributed by atoms with Gasteiger partial charge in [0.2, 0.25) is 0 Å². The van der Waals surface area contributed by atoms with Crippen molar-refractivity contribution >= 4 is 28.1 Å². The predicted molar refractivity (Wildman–Crippen MR) is 103 cm³/mol. The van der Waals surface area contributed by atoms with Crippen LogP contribution in [0, 0.1) is 0 Å². The molecule has 0 aliphatic rings. The molecule has 3 nitrogen and oxygen atoms in total. The van der Waals surface area contributed by atoms with Crippen molar-refractivity contribution in [3.63, 3.8) is 0 Å². The molecule has 4 rings (SSSR count). The molecule has 0 saturated heterocycles. The smallest absolute Gasteiger partial charge is 0.261 e. The van der Waals surface area contributed by atoms with Gasteiger partial charge in [-0.2, -0.15) is 0 Å². The van der Waals surface area contributed by atoms with E-state index in [9.17, 15) is 4.79 Å². The van der Waals surface area contributed by atoms with E-state index in [4.69, 9.17) is 0 Å². The largest absolute Gasteiger partial charge is 0.361 e. The van der Waals surface area contributed by atoms with Crippen LogP contribution in [0.15, 0.2) is 78.3 Å². The maximum Gasteiger partial charge on any atom is 0.261 e. The molecular weight excluding hydrogens is 328 g/mol. The third kappa shape index (κ3) is 3.21. The van der Waals surface area contributed by atoms with Crippen molar-refractivity contribution in [1.29, 1.82) is 0 Å². The molecule has 2 aromatic heterocycles. The van der Waals surface area contributed by atoms with Crippen LogP contribution < -0.4 is 5.32 Å². The van der Waals surface area contributed by atoms with Crippen LogP contribution in [0.25, 0.3) is 10.9 Å². The highest BCUT2D eigenvalue weighted by Gasteiger charge is 2.19. The monoisotopic (exact) mass is 346 g/mol. The van der Waals surface area contributed by atoms with Crippen LogP contribution >= 0.6 is 11.3 Å². The van der Waals surface area contributed by atoms with Crippen molar-refractivity contribution in [2.24, 2.45) is 0 Å². The maximum absolute atomic E-state index is 12.4. The zero-order chi connectivity index (χ0) is 17.1. The van der Waals surface area contributed by atoms with Crippen molar-refractivity contribution in [2.45, 2.75) is 5.92 Å². The summed E-state index contributed by atoms with van der Waals surface area (Å²) < 4.78 is 0. The van der Waals surface area contributed by atoms with Gasteiger partial charge in [0, 0.05) is 29.6 Å². The SMILES string of the molecule is O=C(NC[C@H](c1ccccc1)c1c[nH]c2ccccc12)c1cccs1. The number of thiophene rings is 1. The zero-order valence-corrected chi connectivity index (χ0v) is 14.4. The summed E-state index contributed by atoms with van der Waals surface area (Å²) in [7, 11) is 0. The van der Waals surface area contributed by atoms with E-state index >= 15 is 0 Å². The number of aromatic amines is 1. The molecular formula is C21H18N2OS. The number of para-hydroxylation sites is 1. The highest BCUT2D eigenvalue weighted by Crippen LogP contribution is 2.30. The molecule has 0 spiro atoms. The standard InChI is InChI=1S/C21H18N2OS/c24-21(20-11-6-12-25-20)23-13-17(15-7-2-1-3-8-15)18-14-22-19-10-5-4-9-16(18)19/h1-12,14,17,22H,13H2,(H,23,24)/t17-/m1/s1. The van der Waals surface area contributed by atoms with E-state index in [0.717, 1.165) is 10.4 Å². The Hall–Kier alpha value is -2.85. The third-order valence-corrected chi connectivity index (χ3v) is 5.28. The summed E-state index contributed by atoms with van der Waals surface area (Å²) in [5.74, 6) is 0.0806. The molecule has 0 unspecified atom stereocenters. The average molecular weight is 346 g/mol. The fourth-order valence-electron chi connectivity index (χ4n) is 3.16. The van der Waals surface area contributed by atoms with Crippen molar-refractivity contribution in [1.82, 2.24) is 10.3 Å². The first kappa shape index (κ1) is 15.7. The second-order valence-corrected chi connectivity index (χ2v) is 6.89. The van der Waals surface area contributed by atoms with Gasteiger partial charge in [-0.3, -0.25) is 4.79 Å². The molecule has 0 aliphatic carbocycles. The first-order valence-electron chi connectivity index (χ1n) is 8.25. The van der Waals surface area contributed by atoms with Gasteiger partial charge in [-0.1, -0.05) is 54.6 Å². The van der Waals surface area contributed by atoms with Crippen LogP contribution in [0.1, 0.15) is 26.7 Å². The van der Waals surface area contributed by atoms with E-state index in [2.05, 4.69) is 40.8 Å². The van der Waals surface area contributed by atoms with Gasteiger partial charge in [0.1, 0.15) is 0 Å². The van der Waals surface area contributed by atoms with Crippen LogP contribution in [0.3, 0.4) is 0 Å². The average Bonchev–Trinajstić information content (AvgIpc) is 3.33. The molecule has 0 fully saturated rings. The maximum atomic E-state index is 12.4. The summed E-state index contributed by atoms with van der Waals surface area (Å²) in [5.41, 5.74) is 3.51. The molecule has 4 heteroatoms. The quantitative estimate of drug-likeness (QED) is 0.536. The minimum absolute atomic E-state index is 0.0178. The topological polar surface area (TPSA) is 44.9 Å². The van der Waals surface area contributed by atoms with Crippen LogP contribution in [-0.2, 0) is 0 Å². The summed E-state index contributed by atoms with van der Waals surface area (Å²) in [6, 6.07) is 22.3. The Morgan fingerprint density at radius 1 is 1.00 bits per heavy atom. The predicted octanol–water partition coefficient (Wildman–Crippen LogP) is 4.79. The number of rotatable bonds is 5. The summed E-state index contributed by atoms with van der Waals surface area (Å²) >= 11 is 1.46. The van der Waals surface area contributed by atoms with E-state index in [1.54, 1.807) is 0 Å². The lowest BCUT2D eigenvalue weighted by molar-refractivity contribution is 0.0956. The molecule has 1 atom stereocenters. The third-order valence-electron chi connectivity index (χ3n) is 4.41. The van der Waals surface area contributed by atoms with Gasteiger partial charge >= 0.3 is 0 Å². The molecule has 2 aromatic carbocycles. The van der Waals surface area contributed by atoms with Crippen LogP contribution in [0.4, 0.5) is 0 Å². The van der Waals surface area contributed by atoms with Crippen molar-refractivity contribution in [3.8, 4) is 0 Å². The fourth-order valence-corrected chi connectivity index (χ4v) is 3.80. The number of nitrogens with one attached hydrogen (secondary N) is 2. The second-order valence-electron chi connectivity index (χ2n) is 5.94. The number of fused-ring (bicyclic) bond motifs is 1. The molecule has 25 heavy (non-hydrogen) atoms. The summed E-state index contributed by atoms with van der Waals surface area (Å²) in [6.45, 7) is 0.558. The first-order valence-corrected chi connectivity index (χ1v) is 9.13. The lowest BCUT2D eigenvalue weighted by Gasteiger charge is -2.18. The van der Waals surface area contributed by atoms with E-state index in [1.807, 2.05) is 47.8 Å². The number of hydrogen-bond acceptors (Lipinski definition) is 2. The Morgan fingerprint density at radius 3 is 2.60 bits per heavy atom. The lowest BCUT2D eigenvalue weighted by atomic mass is 9.91. The normalized spacial score (nSPS) is 12.2. The summed E-state index contributed by atoms with van der Waals surface area (Å²) in [5, 5.41) is 6.21. The first-order chi connectivity index (χ1) is 12.3. The minimum Gasteiger partial charge on any atom is -0.361 e. The van der Waals surface area contributed by atoms with Gasteiger partial charge in [-0.25, -0.2) is 0 Å². The second kappa shape index (κ2) is 6.95. The van der Waals surface area contributed by atoms with Gasteiger partial charge in [0.05, 0.1) is 4.88 Å². The highest BCUT2D eigenvalue weighted by atomic mass is 32.1. The molecule has 2 N–H and O–H groups in total. The summed E-state index contributed by atoms with van der Waals surface area (Å²) in [4.78, 5) is 16.5. The zero-order valence-electron chi connectivity index (χ0n) is 13.6. The molecule has 4 aromatic rings. The van der Waals surface area contributed by atoms with Gasteiger partial charge in [-0.05, 0) is 28.6 Å². The molecule has 0 aliphatic heterocycles. The van der Waals surface area contributed by atoms with E-state index in [-0.39, 0.29) is 11.8 Å². The van der Waals surface area contributed by atoms with E-state index in [1.165, 1.54) is 27.8 Å². The van der Waals surface area contributed by atoms with Crippen LogP contribution in [-0.4, -0.2) is 17.4 Å². The molecule has 0 radical (unpaired) electrons. The Labute approximate surface area is 150 Å². The highest BCUT2D eigenvalue weighted by molar-refractivity contribution is 7.12. The van der Waals surface area contributed by atoms with Crippen molar-refractivity contribution in [3.05, 3.63) is 94.3 Å². The summed E-state index contributed by atoms with van der Waals surface area (Å²) in [6.07, 6.45) is 2.06. The number of carbonyl (C=O) groups is 1. The van der Waals surface area contributed by atoms with Gasteiger partial charge in [-0.15, -0.1) is 11.3 Å². The number of benzene rings is 2. The Morgan fingerprint density at radius 2 is 1.80 bits per heavy atom. The van der Waals surface area contributed by atoms with Gasteiger partial charge < -0.3 is 10.3 Å². The Kier molecular flexibility index (Phi) is 4.36. The minimum atomic E-state index is -0.0178. The number of hydrogen-bond donors (Lipinski definition) is 2. The number of aromatic nitrogens is 1. The Balaban J connectivity index is 1.66. The number of carbonyl (C=O) groups excluding carboxylic acids is 1. The van der Waals surface area contributed by atoms with Gasteiger partial charge in [0.25, 0.3) is 5.91 Å². The van der Waals surface area contributed by atoms with Crippen molar-refractivity contribution < 1.29 is 4.79 Å². The van der Waals surface area contributed by atoms with E-state index in [0.29, 0.717) is 6.54 Å². The number of amides is 1. The lowest BCUT2D eigenvalue weighted by Crippen LogP contribution is -2.28. The Bertz CT molecular complexity index is 973. The van der Waals surface area contributed by atoms with Gasteiger partial charge in [0.15, 0.2) is 0 Å². The number of H-pyrrole nitrogens is 1. The van der Waals surface area contributed by atoms with E-state index < -0.39 is 0 Å². The molecule has 0 bridgehead atoms. The molecule has 124 valence electrons. The molecule has 1 amide bonds. The molecule has 0 saturated carbocycles. The molecule has 2 heterocycles. The fraction of sp³-hybridized carbons (Fsp3) is 0.0952. The van der Waals surface area contributed by atoms with Crippen LogP contribution in [0.5, 0.6) is 0 Å².